The van der Waals surface area contributed by atoms with E-state index in [0.717, 1.165) is 43.7 Å². The maximum atomic E-state index is 12.9. The van der Waals surface area contributed by atoms with E-state index in [1.54, 1.807) is 0 Å². The highest BCUT2D eigenvalue weighted by atomic mass is 16.1. The highest BCUT2D eigenvalue weighted by molar-refractivity contribution is 5.98. The predicted molar refractivity (Wildman–Crippen MR) is 104 cm³/mol. The summed E-state index contributed by atoms with van der Waals surface area (Å²) in [4.78, 5) is 15.0. The minimum absolute atomic E-state index is 0.0558. The number of carbonyl (C=O) groups is 1. The number of nitrogens with one attached hydrogen (secondary N) is 2. The summed E-state index contributed by atoms with van der Waals surface area (Å²) in [6.07, 6.45) is 3.06. The van der Waals surface area contributed by atoms with Gasteiger partial charge in [-0.25, -0.2) is 0 Å². The van der Waals surface area contributed by atoms with E-state index >= 15 is 0 Å². The number of anilines is 2. The number of hydrogen-bond acceptors (Lipinski definition) is 3. The molecule has 25 heavy (non-hydrogen) atoms. The topological polar surface area (TPSA) is 44.4 Å². The first-order valence-electron chi connectivity index (χ1n) is 9.01. The Hall–Kier alpha value is -2.33. The van der Waals surface area contributed by atoms with E-state index in [1.165, 1.54) is 11.1 Å². The molecule has 0 fully saturated rings. The third-order valence-corrected chi connectivity index (χ3v) is 4.75. The second-order valence-corrected chi connectivity index (χ2v) is 6.91. The number of likely N-dealkylation sites (N-methyl/N-ethyl adjacent to an activating group) is 1. The Labute approximate surface area is 150 Å². The molecule has 132 valence electrons. The fourth-order valence-corrected chi connectivity index (χ4v) is 3.41. The molecule has 0 spiro atoms. The molecule has 0 aliphatic heterocycles. The van der Waals surface area contributed by atoms with Crippen molar-refractivity contribution >= 4 is 17.3 Å². The summed E-state index contributed by atoms with van der Waals surface area (Å²) in [6, 6.07) is 16.3. The molecule has 0 bridgehead atoms. The Morgan fingerprint density at radius 2 is 1.80 bits per heavy atom. The van der Waals surface area contributed by atoms with Crippen LogP contribution in [-0.4, -0.2) is 38.0 Å². The number of carbonyl (C=O) groups excluding carboxylic acids is 1. The van der Waals surface area contributed by atoms with E-state index in [9.17, 15) is 4.79 Å². The number of nitrogens with zero attached hydrogens (tertiary/aromatic N) is 1. The van der Waals surface area contributed by atoms with Crippen LogP contribution in [0.4, 0.5) is 11.4 Å². The first kappa shape index (κ1) is 17.5. The summed E-state index contributed by atoms with van der Waals surface area (Å²) < 4.78 is 0. The predicted octanol–water partition coefficient (Wildman–Crippen LogP) is 3.72. The van der Waals surface area contributed by atoms with Crippen molar-refractivity contribution in [3.8, 4) is 0 Å². The molecule has 1 unspecified atom stereocenters. The van der Waals surface area contributed by atoms with E-state index in [-0.39, 0.29) is 11.8 Å². The summed E-state index contributed by atoms with van der Waals surface area (Å²) in [7, 11) is 4.10. The van der Waals surface area contributed by atoms with Crippen molar-refractivity contribution in [2.24, 2.45) is 0 Å². The van der Waals surface area contributed by atoms with Crippen molar-refractivity contribution in [3.05, 3.63) is 59.7 Å². The third kappa shape index (κ3) is 4.40. The molecule has 0 saturated heterocycles. The van der Waals surface area contributed by atoms with Gasteiger partial charge < -0.3 is 15.5 Å². The fourth-order valence-electron chi connectivity index (χ4n) is 3.41. The average molecular weight is 337 g/mol. The summed E-state index contributed by atoms with van der Waals surface area (Å²) in [5.41, 5.74) is 4.33. The number of amides is 1. The molecule has 1 aliphatic rings. The SMILES string of the molecule is CN(C)CCNc1ccccc1NC(=O)C1CCCc2ccccc21. The molecule has 1 amide bonds. The molecule has 0 heterocycles. The minimum Gasteiger partial charge on any atom is -0.382 e. The van der Waals surface area contributed by atoms with Gasteiger partial charge in [-0.3, -0.25) is 4.79 Å². The van der Waals surface area contributed by atoms with Crippen LogP contribution < -0.4 is 10.6 Å². The molecular formula is C21H27N3O. The molecule has 3 rings (SSSR count). The van der Waals surface area contributed by atoms with Crippen molar-refractivity contribution in [2.75, 3.05) is 37.8 Å². The van der Waals surface area contributed by atoms with E-state index in [4.69, 9.17) is 0 Å². The lowest BCUT2D eigenvalue weighted by Crippen LogP contribution is -2.25. The van der Waals surface area contributed by atoms with Gasteiger partial charge in [-0.15, -0.1) is 0 Å². The maximum Gasteiger partial charge on any atom is 0.231 e. The molecule has 1 aliphatic carbocycles. The number of aryl methyl sites for hydroxylation is 1. The van der Waals surface area contributed by atoms with Crippen molar-refractivity contribution in [1.82, 2.24) is 4.90 Å². The van der Waals surface area contributed by atoms with Crippen LogP contribution in [0, 0.1) is 0 Å². The van der Waals surface area contributed by atoms with E-state index in [1.807, 2.05) is 30.3 Å². The van der Waals surface area contributed by atoms with Gasteiger partial charge in [0.2, 0.25) is 5.91 Å². The Morgan fingerprint density at radius 1 is 1.08 bits per heavy atom. The van der Waals surface area contributed by atoms with Crippen molar-refractivity contribution < 1.29 is 4.79 Å². The molecule has 2 aromatic carbocycles. The van der Waals surface area contributed by atoms with Gasteiger partial charge in [0, 0.05) is 13.1 Å². The van der Waals surface area contributed by atoms with Crippen LogP contribution in [0.2, 0.25) is 0 Å². The van der Waals surface area contributed by atoms with Gasteiger partial charge in [-0.2, -0.15) is 0 Å². The number of rotatable bonds is 6. The second kappa shape index (κ2) is 8.17. The van der Waals surface area contributed by atoms with E-state index in [0.29, 0.717) is 0 Å². The third-order valence-electron chi connectivity index (χ3n) is 4.75. The van der Waals surface area contributed by atoms with E-state index < -0.39 is 0 Å². The quantitative estimate of drug-likeness (QED) is 0.844. The number of fused-ring (bicyclic) bond motifs is 1. The van der Waals surface area contributed by atoms with Gasteiger partial charge in [-0.1, -0.05) is 36.4 Å². The lowest BCUT2D eigenvalue weighted by Gasteiger charge is -2.25. The Bertz CT molecular complexity index is 727. The zero-order valence-corrected chi connectivity index (χ0v) is 15.1. The van der Waals surface area contributed by atoms with Gasteiger partial charge in [0.15, 0.2) is 0 Å². The molecule has 2 aromatic rings. The van der Waals surface area contributed by atoms with Gasteiger partial charge in [0.1, 0.15) is 0 Å². The number of para-hydroxylation sites is 2. The molecule has 1 atom stereocenters. The van der Waals surface area contributed by atoms with Crippen molar-refractivity contribution in [2.45, 2.75) is 25.2 Å². The Kier molecular flexibility index (Phi) is 5.71. The smallest absolute Gasteiger partial charge is 0.231 e. The van der Waals surface area contributed by atoms with Gasteiger partial charge in [0.25, 0.3) is 0 Å². The number of benzene rings is 2. The van der Waals surface area contributed by atoms with Crippen LogP contribution in [0.25, 0.3) is 0 Å². The zero-order valence-electron chi connectivity index (χ0n) is 15.1. The zero-order chi connectivity index (χ0) is 17.6. The molecule has 0 radical (unpaired) electrons. The van der Waals surface area contributed by atoms with E-state index in [2.05, 4.69) is 47.8 Å². The molecule has 0 aromatic heterocycles. The van der Waals surface area contributed by atoms with Crippen molar-refractivity contribution in [1.29, 1.82) is 0 Å². The first-order chi connectivity index (χ1) is 12.1. The molecular weight excluding hydrogens is 310 g/mol. The standard InChI is InChI=1S/C21H27N3O/c1-24(2)15-14-22-19-12-5-6-13-20(19)23-21(25)18-11-7-9-16-8-3-4-10-17(16)18/h3-6,8,10,12-13,18,22H,7,9,11,14-15H2,1-2H3,(H,23,25). The molecule has 2 N–H and O–H groups in total. The van der Waals surface area contributed by atoms with Crippen LogP contribution in [0.1, 0.15) is 29.9 Å². The highest BCUT2D eigenvalue weighted by Crippen LogP contribution is 2.33. The van der Waals surface area contributed by atoms with Crippen molar-refractivity contribution in [3.63, 3.8) is 0 Å². The summed E-state index contributed by atoms with van der Waals surface area (Å²) >= 11 is 0. The molecule has 0 saturated carbocycles. The van der Waals surface area contributed by atoms with Crippen LogP contribution in [-0.2, 0) is 11.2 Å². The number of hydrogen-bond donors (Lipinski definition) is 2. The van der Waals surface area contributed by atoms with Crippen LogP contribution in [0.15, 0.2) is 48.5 Å². The van der Waals surface area contributed by atoms with Crippen LogP contribution >= 0.6 is 0 Å². The monoisotopic (exact) mass is 337 g/mol. The lowest BCUT2D eigenvalue weighted by atomic mass is 9.82. The Morgan fingerprint density at radius 3 is 2.60 bits per heavy atom. The normalized spacial score (nSPS) is 16.4. The van der Waals surface area contributed by atoms with Gasteiger partial charge >= 0.3 is 0 Å². The minimum atomic E-state index is -0.0558. The van der Waals surface area contributed by atoms with Crippen LogP contribution in [0.5, 0.6) is 0 Å². The first-order valence-corrected chi connectivity index (χ1v) is 9.01. The maximum absolute atomic E-state index is 12.9. The lowest BCUT2D eigenvalue weighted by molar-refractivity contribution is -0.117. The highest BCUT2D eigenvalue weighted by Gasteiger charge is 2.26. The Balaban J connectivity index is 1.72. The average Bonchev–Trinajstić information content (AvgIpc) is 2.62. The largest absolute Gasteiger partial charge is 0.382 e. The fraction of sp³-hybridized carbons (Fsp3) is 0.381. The molecule has 4 nitrogen and oxygen atoms in total. The summed E-state index contributed by atoms with van der Waals surface area (Å²) in [5, 5.41) is 6.56. The summed E-state index contributed by atoms with van der Waals surface area (Å²) in [6.45, 7) is 1.78. The van der Waals surface area contributed by atoms with Gasteiger partial charge in [0.05, 0.1) is 17.3 Å². The van der Waals surface area contributed by atoms with Gasteiger partial charge in [-0.05, 0) is 56.6 Å². The second-order valence-electron chi connectivity index (χ2n) is 6.91. The van der Waals surface area contributed by atoms with Crippen LogP contribution in [0.3, 0.4) is 0 Å². The molecule has 4 heteroatoms. The summed E-state index contributed by atoms with van der Waals surface area (Å²) in [5.74, 6) is 0.0359.